The largest absolute Gasteiger partial charge is 0.361 e. The van der Waals surface area contributed by atoms with Crippen molar-refractivity contribution in [3.05, 3.63) is 16.4 Å². The second-order valence-electron chi connectivity index (χ2n) is 3.76. The van der Waals surface area contributed by atoms with Gasteiger partial charge in [-0.2, -0.15) is 5.10 Å². The topological polar surface area (TPSA) is 41.9 Å². The maximum atomic E-state index is 5.14. The number of aryl methyl sites for hydroxylation is 1. The number of thiocarbonyl (C=S) groups is 1. The highest BCUT2D eigenvalue weighted by Crippen LogP contribution is 2.14. The fourth-order valence-electron chi connectivity index (χ4n) is 1.20. The molecule has 0 amide bonds. The van der Waals surface area contributed by atoms with E-state index in [1.807, 2.05) is 10.9 Å². The Morgan fingerprint density at radius 2 is 2.31 bits per heavy atom. The monoisotopic (exact) mass is 304 g/mol. The van der Waals surface area contributed by atoms with Gasteiger partial charge in [-0.15, -0.1) is 0 Å². The number of nitrogens with one attached hydrogen (secondary N) is 2. The maximum absolute atomic E-state index is 5.14. The van der Waals surface area contributed by atoms with Crippen molar-refractivity contribution in [2.24, 2.45) is 0 Å². The van der Waals surface area contributed by atoms with Crippen LogP contribution in [-0.2, 0) is 13.1 Å². The molecule has 0 aliphatic rings. The molecule has 0 aliphatic carbocycles. The first kappa shape index (κ1) is 13.4. The summed E-state index contributed by atoms with van der Waals surface area (Å²) >= 11 is 8.61. The van der Waals surface area contributed by atoms with Crippen molar-refractivity contribution in [2.45, 2.75) is 39.9 Å². The van der Waals surface area contributed by atoms with Crippen LogP contribution in [0.25, 0.3) is 0 Å². The van der Waals surface area contributed by atoms with Crippen LogP contribution in [0.1, 0.15) is 26.5 Å². The smallest absolute Gasteiger partial charge is 0.166 e. The molecule has 0 aliphatic heterocycles. The third-order valence-corrected chi connectivity index (χ3v) is 2.87. The first-order valence-electron chi connectivity index (χ1n) is 5.29. The molecule has 0 saturated carbocycles. The van der Waals surface area contributed by atoms with Gasteiger partial charge in [0.25, 0.3) is 0 Å². The van der Waals surface area contributed by atoms with Crippen LogP contribution in [-0.4, -0.2) is 20.9 Å². The van der Waals surface area contributed by atoms with E-state index in [4.69, 9.17) is 12.2 Å². The summed E-state index contributed by atoms with van der Waals surface area (Å²) in [4.78, 5) is 0. The Labute approximate surface area is 110 Å². The van der Waals surface area contributed by atoms with Crippen molar-refractivity contribution in [3.8, 4) is 0 Å². The van der Waals surface area contributed by atoms with Crippen molar-refractivity contribution in [3.63, 3.8) is 0 Å². The van der Waals surface area contributed by atoms with Crippen LogP contribution in [0.2, 0.25) is 0 Å². The van der Waals surface area contributed by atoms with E-state index >= 15 is 0 Å². The second kappa shape index (κ2) is 6.20. The highest BCUT2D eigenvalue weighted by Gasteiger charge is 2.06. The molecule has 0 aromatic carbocycles. The molecule has 0 atom stereocenters. The molecular weight excluding hydrogens is 288 g/mol. The zero-order chi connectivity index (χ0) is 12.1. The lowest BCUT2D eigenvalue weighted by molar-refractivity contribution is 0.640. The van der Waals surface area contributed by atoms with Crippen LogP contribution < -0.4 is 10.6 Å². The van der Waals surface area contributed by atoms with E-state index in [1.54, 1.807) is 0 Å². The molecule has 2 N–H and O–H groups in total. The Kier molecular flexibility index (Phi) is 5.21. The summed E-state index contributed by atoms with van der Waals surface area (Å²) < 4.78 is 2.90. The van der Waals surface area contributed by atoms with E-state index in [2.05, 4.69) is 52.4 Å². The molecule has 1 aromatic heterocycles. The number of hydrogen-bond acceptors (Lipinski definition) is 2. The molecule has 0 radical (unpaired) electrons. The predicted molar refractivity (Wildman–Crippen MR) is 73.3 cm³/mol. The van der Waals surface area contributed by atoms with Gasteiger partial charge in [0.15, 0.2) is 5.11 Å². The summed E-state index contributed by atoms with van der Waals surface area (Å²) in [6.07, 6.45) is 1.97. The SMILES string of the molecule is CCn1cc(Br)c(CNC(=S)NC(C)C)n1. The predicted octanol–water partition coefficient (Wildman–Crippen LogP) is 2.04. The molecule has 1 aromatic rings. The summed E-state index contributed by atoms with van der Waals surface area (Å²) in [6.45, 7) is 7.66. The fourth-order valence-corrected chi connectivity index (χ4v) is 1.96. The number of nitrogens with zero attached hydrogens (tertiary/aromatic N) is 2. The van der Waals surface area contributed by atoms with Gasteiger partial charge in [-0.1, -0.05) is 0 Å². The standard InChI is InChI=1S/C10H17BrN4S/c1-4-15-6-8(11)9(14-15)5-12-10(16)13-7(2)3/h6-7H,4-5H2,1-3H3,(H2,12,13,16). The summed E-state index contributed by atoms with van der Waals surface area (Å²) in [5, 5.41) is 11.3. The molecule has 0 unspecified atom stereocenters. The minimum atomic E-state index is 0.344. The summed E-state index contributed by atoms with van der Waals surface area (Å²) in [6, 6.07) is 0.344. The first-order chi connectivity index (χ1) is 7.52. The minimum absolute atomic E-state index is 0.344. The average molecular weight is 305 g/mol. The third kappa shape index (κ3) is 4.09. The van der Waals surface area contributed by atoms with Crippen LogP contribution >= 0.6 is 28.1 Å². The van der Waals surface area contributed by atoms with Gasteiger partial charge in [0.2, 0.25) is 0 Å². The minimum Gasteiger partial charge on any atom is -0.361 e. The Hall–Kier alpha value is -0.620. The molecule has 4 nitrogen and oxygen atoms in total. The number of rotatable bonds is 4. The number of aromatic nitrogens is 2. The maximum Gasteiger partial charge on any atom is 0.166 e. The quantitative estimate of drug-likeness (QED) is 0.836. The Bertz CT molecular complexity index is 362. The van der Waals surface area contributed by atoms with Gasteiger partial charge in [0, 0.05) is 18.8 Å². The molecular formula is C10H17BrN4S. The van der Waals surface area contributed by atoms with Crippen LogP contribution in [0.5, 0.6) is 0 Å². The van der Waals surface area contributed by atoms with Gasteiger partial charge in [0.1, 0.15) is 0 Å². The van der Waals surface area contributed by atoms with Crippen LogP contribution in [0, 0.1) is 0 Å². The molecule has 0 saturated heterocycles. The van der Waals surface area contributed by atoms with Crippen LogP contribution in [0.3, 0.4) is 0 Å². The second-order valence-corrected chi connectivity index (χ2v) is 5.02. The van der Waals surface area contributed by atoms with E-state index in [9.17, 15) is 0 Å². The highest BCUT2D eigenvalue weighted by atomic mass is 79.9. The van der Waals surface area contributed by atoms with Gasteiger partial charge in [-0.25, -0.2) is 0 Å². The fraction of sp³-hybridized carbons (Fsp3) is 0.600. The molecule has 1 heterocycles. The van der Waals surface area contributed by atoms with Crippen molar-refractivity contribution in [1.82, 2.24) is 20.4 Å². The van der Waals surface area contributed by atoms with E-state index < -0.39 is 0 Å². The molecule has 0 fully saturated rings. The zero-order valence-corrected chi connectivity index (χ0v) is 12.2. The molecule has 0 bridgehead atoms. The van der Waals surface area contributed by atoms with Gasteiger partial charge in [0.05, 0.1) is 16.7 Å². The van der Waals surface area contributed by atoms with E-state index in [1.165, 1.54) is 0 Å². The zero-order valence-electron chi connectivity index (χ0n) is 9.75. The highest BCUT2D eigenvalue weighted by molar-refractivity contribution is 9.10. The van der Waals surface area contributed by atoms with Crippen LogP contribution in [0.4, 0.5) is 0 Å². The Balaban J connectivity index is 2.47. The van der Waals surface area contributed by atoms with Gasteiger partial charge in [-0.05, 0) is 48.9 Å². The Morgan fingerprint density at radius 1 is 1.62 bits per heavy atom. The van der Waals surface area contributed by atoms with Crippen molar-refractivity contribution < 1.29 is 0 Å². The van der Waals surface area contributed by atoms with E-state index in [-0.39, 0.29) is 0 Å². The summed E-state index contributed by atoms with van der Waals surface area (Å²) in [5.74, 6) is 0. The lowest BCUT2D eigenvalue weighted by atomic mass is 10.4. The van der Waals surface area contributed by atoms with Crippen LogP contribution in [0.15, 0.2) is 10.7 Å². The van der Waals surface area contributed by atoms with Crippen molar-refractivity contribution in [2.75, 3.05) is 0 Å². The normalized spacial score (nSPS) is 10.6. The number of hydrogen-bond donors (Lipinski definition) is 2. The molecule has 0 spiro atoms. The Morgan fingerprint density at radius 3 is 2.81 bits per heavy atom. The first-order valence-corrected chi connectivity index (χ1v) is 6.49. The lowest BCUT2D eigenvalue weighted by Crippen LogP contribution is -2.38. The van der Waals surface area contributed by atoms with E-state index in [0.29, 0.717) is 17.7 Å². The summed E-state index contributed by atoms with van der Waals surface area (Å²) in [5.41, 5.74) is 0.967. The number of halogens is 1. The summed E-state index contributed by atoms with van der Waals surface area (Å²) in [7, 11) is 0. The van der Waals surface area contributed by atoms with Gasteiger partial charge < -0.3 is 10.6 Å². The van der Waals surface area contributed by atoms with Crippen molar-refractivity contribution in [1.29, 1.82) is 0 Å². The van der Waals surface area contributed by atoms with E-state index in [0.717, 1.165) is 16.7 Å². The van der Waals surface area contributed by atoms with Crippen molar-refractivity contribution >= 4 is 33.3 Å². The van der Waals surface area contributed by atoms with Gasteiger partial charge in [-0.3, -0.25) is 4.68 Å². The molecule has 6 heteroatoms. The van der Waals surface area contributed by atoms with Gasteiger partial charge >= 0.3 is 0 Å². The average Bonchev–Trinajstić information content (AvgIpc) is 2.55. The molecule has 16 heavy (non-hydrogen) atoms. The third-order valence-electron chi connectivity index (χ3n) is 1.95. The molecule has 90 valence electrons. The lowest BCUT2D eigenvalue weighted by Gasteiger charge is -2.12. The molecule has 1 rings (SSSR count).